The van der Waals surface area contributed by atoms with Crippen LogP contribution in [-0.4, -0.2) is 27.7 Å². The van der Waals surface area contributed by atoms with E-state index in [0.717, 1.165) is 4.47 Å². The van der Waals surface area contributed by atoms with Gasteiger partial charge in [0.1, 0.15) is 5.92 Å². The van der Waals surface area contributed by atoms with Crippen molar-refractivity contribution in [2.24, 2.45) is 5.92 Å². The lowest BCUT2D eigenvalue weighted by Crippen LogP contribution is -2.21. The van der Waals surface area contributed by atoms with Gasteiger partial charge in [-0.2, -0.15) is 5.10 Å². The van der Waals surface area contributed by atoms with Gasteiger partial charge in [0.15, 0.2) is 11.5 Å². The number of carbonyl (C=O) groups excluding carboxylic acids is 1. The van der Waals surface area contributed by atoms with Crippen LogP contribution in [0.25, 0.3) is 5.65 Å². The number of hydrogen-bond donors (Lipinski definition) is 0. The Kier molecular flexibility index (Phi) is 3.65. The summed E-state index contributed by atoms with van der Waals surface area (Å²) in [5.74, 6) is -0.165. The van der Waals surface area contributed by atoms with Crippen LogP contribution in [0.1, 0.15) is 25.6 Å². The number of carbonyl (C=O) groups is 1. The summed E-state index contributed by atoms with van der Waals surface area (Å²) in [6.45, 7) is 3.90. The second-order valence-corrected chi connectivity index (χ2v) is 5.28. The highest BCUT2D eigenvalue weighted by Crippen LogP contribution is 2.24. The van der Waals surface area contributed by atoms with Crippen LogP contribution in [0, 0.1) is 5.92 Å². The van der Waals surface area contributed by atoms with Crippen LogP contribution in [0.15, 0.2) is 22.8 Å². The molecule has 0 amide bonds. The number of rotatable bonds is 3. The van der Waals surface area contributed by atoms with Gasteiger partial charge < -0.3 is 4.74 Å². The van der Waals surface area contributed by atoms with Crippen molar-refractivity contribution in [3.8, 4) is 0 Å². The maximum Gasteiger partial charge on any atom is 0.316 e. The van der Waals surface area contributed by atoms with Gasteiger partial charge in [-0.15, -0.1) is 0 Å². The molecule has 0 N–H and O–H groups in total. The molecule has 0 spiro atoms. The fourth-order valence-corrected chi connectivity index (χ4v) is 2.14. The molecule has 0 bridgehead atoms. The molecule has 1 atom stereocenters. The van der Waals surface area contributed by atoms with Crippen molar-refractivity contribution < 1.29 is 9.53 Å². The number of nitrogens with zero attached hydrogens (tertiary/aromatic N) is 3. The molecular weight excluding hydrogens is 298 g/mol. The lowest BCUT2D eigenvalue weighted by Gasteiger charge is -2.14. The van der Waals surface area contributed by atoms with E-state index in [-0.39, 0.29) is 11.9 Å². The molecule has 96 valence electrons. The van der Waals surface area contributed by atoms with Crippen LogP contribution in [0.2, 0.25) is 0 Å². The largest absolute Gasteiger partial charge is 0.468 e. The van der Waals surface area contributed by atoms with Gasteiger partial charge in [0.2, 0.25) is 0 Å². The number of esters is 1. The van der Waals surface area contributed by atoms with Crippen LogP contribution < -0.4 is 0 Å². The molecule has 1 unspecified atom stereocenters. The van der Waals surface area contributed by atoms with E-state index in [9.17, 15) is 4.79 Å². The Labute approximate surface area is 113 Å². The quantitative estimate of drug-likeness (QED) is 0.817. The minimum absolute atomic E-state index is 0.0818. The van der Waals surface area contributed by atoms with Crippen molar-refractivity contribution in [2.45, 2.75) is 19.8 Å². The van der Waals surface area contributed by atoms with Crippen molar-refractivity contribution in [1.82, 2.24) is 14.6 Å². The number of pyridine rings is 1. The summed E-state index contributed by atoms with van der Waals surface area (Å²) in [6, 6.07) is 3.73. The summed E-state index contributed by atoms with van der Waals surface area (Å²) < 4.78 is 7.37. The van der Waals surface area contributed by atoms with Crippen molar-refractivity contribution in [3.05, 3.63) is 28.6 Å². The van der Waals surface area contributed by atoms with E-state index in [2.05, 4.69) is 26.0 Å². The first-order valence-corrected chi connectivity index (χ1v) is 6.42. The first-order valence-electron chi connectivity index (χ1n) is 5.62. The summed E-state index contributed by atoms with van der Waals surface area (Å²) in [6.07, 6.45) is 1.81. The monoisotopic (exact) mass is 311 g/mol. The topological polar surface area (TPSA) is 56.5 Å². The fourth-order valence-electron chi connectivity index (χ4n) is 1.81. The average Bonchev–Trinajstić information content (AvgIpc) is 2.70. The zero-order chi connectivity index (χ0) is 13.3. The number of methoxy groups -OCH3 is 1. The van der Waals surface area contributed by atoms with Crippen molar-refractivity contribution in [3.63, 3.8) is 0 Å². The first kappa shape index (κ1) is 13.0. The highest BCUT2D eigenvalue weighted by atomic mass is 79.9. The zero-order valence-electron chi connectivity index (χ0n) is 10.4. The van der Waals surface area contributed by atoms with Crippen molar-refractivity contribution in [2.75, 3.05) is 7.11 Å². The van der Waals surface area contributed by atoms with Gasteiger partial charge in [-0.1, -0.05) is 13.8 Å². The Morgan fingerprint density at radius 3 is 2.78 bits per heavy atom. The molecule has 0 saturated carbocycles. The molecule has 0 aliphatic rings. The summed E-state index contributed by atoms with van der Waals surface area (Å²) in [5.41, 5.74) is 0.711. The van der Waals surface area contributed by atoms with Crippen LogP contribution >= 0.6 is 15.9 Å². The molecule has 0 fully saturated rings. The normalized spacial score (nSPS) is 12.9. The smallest absolute Gasteiger partial charge is 0.316 e. The minimum atomic E-state index is -0.436. The minimum Gasteiger partial charge on any atom is -0.468 e. The Bertz CT molecular complexity index is 580. The summed E-state index contributed by atoms with van der Waals surface area (Å²) in [4.78, 5) is 16.2. The third kappa shape index (κ3) is 2.38. The van der Waals surface area contributed by atoms with Crippen LogP contribution in [0.4, 0.5) is 0 Å². The highest BCUT2D eigenvalue weighted by molar-refractivity contribution is 9.10. The number of fused-ring (bicyclic) bond motifs is 1. The third-order valence-electron chi connectivity index (χ3n) is 2.71. The van der Waals surface area contributed by atoms with Gasteiger partial charge >= 0.3 is 5.97 Å². The van der Waals surface area contributed by atoms with E-state index < -0.39 is 5.92 Å². The first-order chi connectivity index (χ1) is 8.52. The maximum absolute atomic E-state index is 11.8. The fraction of sp³-hybridized carbons (Fsp3) is 0.417. The Morgan fingerprint density at radius 2 is 2.17 bits per heavy atom. The molecular formula is C12H14BrN3O2. The van der Waals surface area contributed by atoms with Gasteiger partial charge in [0.05, 0.1) is 7.11 Å². The van der Waals surface area contributed by atoms with Crippen LogP contribution in [-0.2, 0) is 9.53 Å². The van der Waals surface area contributed by atoms with Gasteiger partial charge in [-0.25, -0.2) is 9.50 Å². The van der Waals surface area contributed by atoms with E-state index in [0.29, 0.717) is 11.5 Å². The Morgan fingerprint density at radius 1 is 1.44 bits per heavy atom. The van der Waals surface area contributed by atoms with Gasteiger partial charge in [0, 0.05) is 10.7 Å². The molecule has 6 heteroatoms. The molecule has 5 nitrogen and oxygen atoms in total. The maximum atomic E-state index is 11.8. The van der Waals surface area contributed by atoms with Gasteiger partial charge in [0.25, 0.3) is 0 Å². The lowest BCUT2D eigenvalue weighted by atomic mass is 9.95. The molecule has 2 heterocycles. The molecule has 0 radical (unpaired) electrons. The average molecular weight is 312 g/mol. The Hall–Kier alpha value is -1.43. The zero-order valence-corrected chi connectivity index (χ0v) is 12.0. The number of halogens is 1. The van der Waals surface area contributed by atoms with Gasteiger partial charge in [-0.3, -0.25) is 4.79 Å². The van der Waals surface area contributed by atoms with E-state index in [1.54, 1.807) is 10.7 Å². The molecule has 0 aliphatic carbocycles. The molecule has 2 rings (SSSR count). The van der Waals surface area contributed by atoms with Crippen LogP contribution in [0.3, 0.4) is 0 Å². The van der Waals surface area contributed by atoms with E-state index in [4.69, 9.17) is 4.74 Å². The molecule has 0 aromatic carbocycles. The second kappa shape index (κ2) is 5.06. The number of aromatic nitrogens is 3. The van der Waals surface area contributed by atoms with Gasteiger partial charge in [-0.05, 0) is 34.0 Å². The number of ether oxygens (including phenoxy) is 1. The van der Waals surface area contributed by atoms with Crippen molar-refractivity contribution >= 4 is 27.5 Å². The SMILES string of the molecule is COC(=O)C(c1nc2ccc(Br)cn2n1)C(C)C. The van der Waals surface area contributed by atoms with E-state index in [1.807, 2.05) is 26.0 Å². The number of hydrogen-bond acceptors (Lipinski definition) is 4. The molecule has 18 heavy (non-hydrogen) atoms. The van der Waals surface area contributed by atoms with Crippen molar-refractivity contribution in [1.29, 1.82) is 0 Å². The molecule has 2 aromatic rings. The molecule has 0 saturated heterocycles. The molecule has 2 aromatic heterocycles. The standard InChI is InChI=1S/C12H14BrN3O2/c1-7(2)10(12(17)18-3)11-14-9-5-4-8(13)6-16(9)15-11/h4-7,10H,1-3H3. The predicted molar refractivity (Wildman–Crippen MR) is 70.3 cm³/mol. The van der Waals surface area contributed by atoms with E-state index >= 15 is 0 Å². The lowest BCUT2D eigenvalue weighted by molar-refractivity contribution is -0.143. The summed E-state index contributed by atoms with van der Waals surface area (Å²) in [5, 5.41) is 4.34. The molecule has 0 aliphatic heterocycles. The predicted octanol–water partition coefficient (Wildman–Crippen LogP) is 2.40. The second-order valence-electron chi connectivity index (χ2n) is 4.36. The summed E-state index contributed by atoms with van der Waals surface area (Å²) in [7, 11) is 1.38. The summed E-state index contributed by atoms with van der Waals surface area (Å²) >= 11 is 3.37. The van der Waals surface area contributed by atoms with E-state index in [1.165, 1.54) is 7.11 Å². The highest BCUT2D eigenvalue weighted by Gasteiger charge is 2.29. The van der Waals surface area contributed by atoms with Crippen LogP contribution in [0.5, 0.6) is 0 Å². The Balaban J connectivity index is 2.48. The third-order valence-corrected chi connectivity index (χ3v) is 3.18.